The molecule has 1 aliphatic heterocycles. The summed E-state index contributed by atoms with van der Waals surface area (Å²) in [6.07, 6.45) is -5.37. The van der Waals surface area contributed by atoms with Crippen molar-refractivity contribution in [3.05, 3.63) is 70.5 Å². The number of Topliss-reactive ketones (excluding diaryl/α,β-unsaturated/α-hetero) is 1. The van der Waals surface area contributed by atoms with Crippen LogP contribution >= 0.6 is 11.6 Å². The monoisotopic (exact) mass is 416 g/mol. The molecule has 0 aromatic heterocycles. The molecule has 2 amide bonds. The molecule has 0 saturated carbocycles. The summed E-state index contributed by atoms with van der Waals surface area (Å²) in [4.78, 5) is 24.4. The van der Waals surface area contributed by atoms with Crippen LogP contribution < -0.4 is 10.6 Å². The van der Waals surface area contributed by atoms with Gasteiger partial charge in [0.05, 0.1) is 6.04 Å². The molecule has 0 unspecified atom stereocenters. The summed E-state index contributed by atoms with van der Waals surface area (Å²) in [7, 11) is 0. The summed E-state index contributed by atoms with van der Waals surface area (Å²) in [6.45, 7) is 0. The molecule has 28 heavy (non-hydrogen) atoms. The van der Waals surface area contributed by atoms with Crippen LogP contribution in [0, 0.1) is 11.7 Å². The lowest BCUT2D eigenvalue weighted by molar-refractivity contribution is -0.190. The number of hydrogen-bond donors (Lipinski definition) is 3. The Bertz CT molecular complexity index is 903. The van der Waals surface area contributed by atoms with Crippen molar-refractivity contribution in [3.8, 4) is 0 Å². The van der Waals surface area contributed by atoms with Gasteiger partial charge in [-0.05, 0) is 12.1 Å². The predicted molar refractivity (Wildman–Crippen MR) is 90.7 cm³/mol. The minimum Gasteiger partial charge on any atom is -0.366 e. The lowest BCUT2D eigenvalue weighted by atomic mass is 9.76. The number of halogens is 5. The lowest BCUT2D eigenvalue weighted by Crippen LogP contribution is -2.66. The van der Waals surface area contributed by atoms with E-state index in [9.17, 15) is 32.3 Å². The molecule has 148 valence electrons. The van der Waals surface area contributed by atoms with Gasteiger partial charge in [0.2, 0.25) is 5.78 Å². The fourth-order valence-corrected chi connectivity index (χ4v) is 3.54. The molecule has 0 bridgehead atoms. The van der Waals surface area contributed by atoms with Crippen LogP contribution in [0.1, 0.15) is 17.2 Å². The number of amides is 2. The van der Waals surface area contributed by atoms with E-state index in [0.717, 1.165) is 6.07 Å². The van der Waals surface area contributed by atoms with Crippen molar-refractivity contribution in [3.63, 3.8) is 0 Å². The first kappa shape index (κ1) is 20.1. The Balaban J connectivity index is 2.26. The van der Waals surface area contributed by atoms with Crippen molar-refractivity contribution < 1.29 is 32.3 Å². The van der Waals surface area contributed by atoms with E-state index in [-0.39, 0.29) is 10.6 Å². The first-order valence-corrected chi connectivity index (χ1v) is 8.35. The zero-order chi connectivity index (χ0) is 20.7. The summed E-state index contributed by atoms with van der Waals surface area (Å²) in [5.41, 5.74) is -3.46. The van der Waals surface area contributed by atoms with E-state index in [0.29, 0.717) is 0 Å². The molecule has 3 N–H and O–H groups in total. The molecule has 1 saturated heterocycles. The largest absolute Gasteiger partial charge is 0.450 e. The Labute approximate surface area is 161 Å². The highest BCUT2D eigenvalue weighted by Crippen LogP contribution is 2.44. The van der Waals surface area contributed by atoms with E-state index in [1.165, 1.54) is 42.5 Å². The van der Waals surface area contributed by atoms with Gasteiger partial charge in [-0.1, -0.05) is 48.0 Å². The third kappa shape index (κ3) is 3.43. The van der Waals surface area contributed by atoms with E-state index in [4.69, 9.17) is 11.6 Å². The highest BCUT2D eigenvalue weighted by Gasteiger charge is 2.59. The molecule has 0 radical (unpaired) electrons. The zero-order valence-corrected chi connectivity index (χ0v) is 14.7. The molecular weight excluding hydrogens is 404 g/mol. The highest BCUT2D eigenvalue weighted by atomic mass is 35.5. The number of nitrogens with one attached hydrogen (secondary N) is 2. The van der Waals surface area contributed by atoms with Gasteiger partial charge in [0.25, 0.3) is 0 Å². The highest BCUT2D eigenvalue weighted by molar-refractivity contribution is 6.31. The number of carbonyl (C=O) groups is 2. The fourth-order valence-electron chi connectivity index (χ4n) is 3.26. The standard InChI is InChI=1S/C18H13ClF4N2O3/c19-10-7-4-8-11(20)12(10)14-13(15(26)18(21,22)23)17(28,25-16(27)24-14)9-5-2-1-3-6-9/h1-8,13-14,28H,(H2,24,25,27)/t13-,14+,17-/m0/s1. The smallest absolute Gasteiger partial charge is 0.366 e. The Kier molecular flexibility index (Phi) is 5.07. The second-order valence-corrected chi connectivity index (χ2v) is 6.59. The number of ketones is 1. The summed E-state index contributed by atoms with van der Waals surface area (Å²) in [5, 5.41) is 14.8. The van der Waals surface area contributed by atoms with Gasteiger partial charge in [0.1, 0.15) is 11.7 Å². The molecule has 3 atom stereocenters. The van der Waals surface area contributed by atoms with Crippen LogP contribution in [-0.2, 0) is 10.5 Å². The number of rotatable bonds is 3. The molecular formula is C18H13ClF4N2O3. The summed E-state index contributed by atoms with van der Waals surface area (Å²) >= 11 is 5.95. The number of carbonyl (C=O) groups excluding carboxylic acids is 2. The number of benzene rings is 2. The van der Waals surface area contributed by atoms with Crippen LogP contribution in [0.3, 0.4) is 0 Å². The normalized spacial score (nSPS) is 25.0. The van der Waals surface area contributed by atoms with Crippen molar-refractivity contribution in [1.29, 1.82) is 0 Å². The third-order valence-electron chi connectivity index (χ3n) is 4.46. The molecule has 0 spiro atoms. The first-order valence-electron chi connectivity index (χ1n) is 7.97. The fraction of sp³-hybridized carbons (Fsp3) is 0.222. The van der Waals surface area contributed by atoms with Crippen molar-refractivity contribution in [2.24, 2.45) is 5.92 Å². The molecule has 5 nitrogen and oxygen atoms in total. The van der Waals surface area contributed by atoms with Crippen molar-refractivity contribution >= 4 is 23.4 Å². The summed E-state index contributed by atoms with van der Waals surface area (Å²) in [5.74, 6) is -5.73. The van der Waals surface area contributed by atoms with Crippen molar-refractivity contribution in [2.45, 2.75) is 17.9 Å². The number of hydrogen-bond acceptors (Lipinski definition) is 3. The quantitative estimate of drug-likeness (QED) is 0.671. The Morgan fingerprint density at radius 3 is 2.32 bits per heavy atom. The minimum atomic E-state index is -5.37. The molecule has 2 aromatic carbocycles. The second-order valence-electron chi connectivity index (χ2n) is 6.18. The maximum Gasteiger partial charge on any atom is 0.450 e. The van der Waals surface area contributed by atoms with Gasteiger partial charge in [-0.2, -0.15) is 13.2 Å². The van der Waals surface area contributed by atoms with Gasteiger partial charge >= 0.3 is 12.2 Å². The summed E-state index contributed by atoms with van der Waals surface area (Å²) in [6, 6.07) is 7.18. The molecule has 10 heteroatoms. The van der Waals surface area contributed by atoms with Gasteiger partial charge in [-0.3, -0.25) is 4.79 Å². The second kappa shape index (κ2) is 7.06. The molecule has 1 heterocycles. The van der Waals surface area contributed by atoms with Crippen LogP contribution in [0.25, 0.3) is 0 Å². The molecule has 0 aliphatic carbocycles. The topological polar surface area (TPSA) is 78.4 Å². The van der Waals surface area contributed by atoms with Gasteiger partial charge in [0.15, 0.2) is 5.72 Å². The molecule has 1 fully saturated rings. The first-order chi connectivity index (χ1) is 13.1. The van der Waals surface area contributed by atoms with E-state index in [2.05, 4.69) is 5.32 Å². The van der Waals surface area contributed by atoms with Crippen LogP contribution in [-0.4, -0.2) is 23.1 Å². The van der Waals surface area contributed by atoms with E-state index in [1.54, 1.807) is 0 Å². The maximum absolute atomic E-state index is 14.4. The Morgan fingerprint density at radius 2 is 1.75 bits per heavy atom. The van der Waals surface area contributed by atoms with E-state index < -0.39 is 47.1 Å². The van der Waals surface area contributed by atoms with Gasteiger partial charge in [0, 0.05) is 16.1 Å². The van der Waals surface area contributed by atoms with E-state index in [1.807, 2.05) is 5.32 Å². The minimum absolute atomic E-state index is 0.176. The molecule has 2 aromatic rings. The predicted octanol–water partition coefficient (Wildman–Crippen LogP) is 3.43. The average molecular weight is 417 g/mol. The van der Waals surface area contributed by atoms with Crippen LogP contribution in [0.2, 0.25) is 5.02 Å². The Hall–Kier alpha value is -2.65. The van der Waals surface area contributed by atoms with Crippen molar-refractivity contribution in [2.75, 3.05) is 0 Å². The van der Waals surface area contributed by atoms with Gasteiger partial charge in [-0.25, -0.2) is 9.18 Å². The van der Waals surface area contributed by atoms with Gasteiger partial charge < -0.3 is 15.7 Å². The van der Waals surface area contributed by atoms with Crippen LogP contribution in [0.4, 0.5) is 22.4 Å². The summed E-state index contributed by atoms with van der Waals surface area (Å²) < 4.78 is 54.5. The van der Waals surface area contributed by atoms with Crippen molar-refractivity contribution in [1.82, 2.24) is 10.6 Å². The number of aliphatic hydroxyl groups is 1. The SMILES string of the molecule is O=C1N[C@H](c2c(F)cccc2Cl)[C@@H](C(=O)C(F)(F)F)[C@@](O)(c2ccccc2)N1. The van der Waals surface area contributed by atoms with Crippen LogP contribution in [0.15, 0.2) is 48.5 Å². The lowest BCUT2D eigenvalue weighted by Gasteiger charge is -2.45. The van der Waals surface area contributed by atoms with Crippen LogP contribution in [0.5, 0.6) is 0 Å². The molecule has 3 rings (SSSR count). The van der Waals surface area contributed by atoms with Gasteiger partial charge in [-0.15, -0.1) is 0 Å². The zero-order valence-electron chi connectivity index (χ0n) is 13.9. The Morgan fingerprint density at radius 1 is 1.11 bits per heavy atom. The number of urea groups is 1. The average Bonchev–Trinajstić information content (AvgIpc) is 2.61. The maximum atomic E-state index is 14.4. The number of alkyl halides is 3. The molecule has 1 aliphatic rings. The third-order valence-corrected chi connectivity index (χ3v) is 4.79. The van der Waals surface area contributed by atoms with E-state index >= 15 is 0 Å².